The number of benzene rings is 1. The molecule has 6 heteroatoms. The van der Waals surface area contributed by atoms with Crippen molar-refractivity contribution in [1.29, 1.82) is 0 Å². The minimum Gasteiger partial charge on any atom is -0.491 e. The summed E-state index contributed by atoms with van der Waals surface area (Å²) >= 11 is 0. The molecule has 2 heterocycles. The Morgan fingerprint density at radius 2 is 2.26 bits per heavy atom. The molecule has 2 aromatic rings. The number of hydrogen-bond donors (Lipinski definition) is 2. The molecule has 0 bridgehead atoms. The van der Waals surface area contributed by atoms with E-state index in [9.17, 15) is 4.79 Å². The van der Waals surface area contributed by atoms with Gasteiger partial charge in [-0.1, -0.05) is 5.16 Å². The van der Waals surface area contributed by atoms with Crippen molar-refractivity contribution < 1.29 is 14.1 Å². The fraction of sp³-hybridized carbons (Fsp3) is 0.231. The number of hydrogen-bond acceptors (Lipinski definition) is 5. The maximum Gasteiger partial charge on any atom is 0.227 e. The molecule has 0 saturated heterocycles. The highest BCUT2D eigenvalue weighted by Gasteiger charge is 2.15. The molecule has 3 N–H and O–H groups in total. The van der Waals surface area contributed by atoms with Crippen molar-refractivity contribution in [1.82, 2.24) is 5.16 Å². The maximum atomic E-state index is 11.5. The summed E-state index contributed by atoms with van der Waals surface area (Å²) in [6.07, 6.45) is 0.351. The number of rotatable bonds is 2. The zero-order chi connectivity index (χ0) is 13.2. The Morgan fingerprint density at radius 1 is 1.37 bits per heavy atom. The van der Waals surface area contributed by atoms with Crippen LogP contribution in [0.5, 0.6) is 5.75 Å². The number of nitrogens with one attached hydrogen (secondary N) is 1. The van der Waals surface area contributed by atoms with E-state index in [1.807, 2.05) is 6.07 Å². The van der Waals surface area contributed by atoms with Crippen LogP contribution in [0, 0.1) is 0 Å². The molecule has 0 spiro atoms. The van der Waals surface area contributed by atoms with E-state index in [0.717, 1.165) is 5.56 Å². The van der Waals surface area contributed by atoms with Crippen molar-refractivity contribution in [2.24, 2.45) is 5.73 Å². The third-order valence-electron chi connectivity index (χ3n) is 2.89. The number of amides is 1. The smallest absolute Gasteiger partial charge is 0.227 e. The predicted molar refractivity (Wildman–Crippen MR) is 68.6 cm³/mol. The molecule has 6 nitrogen and oxygen atoms in total. The molecule has 19 heavy (non-hydrogen) atoms. The lowest BCUT2D eigenvalue weighted by molar-refractivity contribution is -0.116. The van der Waals surface area contributed by atoms with Crippen molar-refractivity contribution in [2.75, 3.05) is 11.9 Å². The number of fused-ring (bicyclic) bond motifs is 1. The summed E-state index contributed by atoms with van der Waals surface area (Å²) in [7, 11) is 0. The lowest BCUT2D eigenvalue weighted by atomic mass is 10.1. The Labute approximate surface area is 109 Å². The predicted octanol–water partition coefficient (Wildman–Crippen LogP) is 1.52. The second kappa shape index (κ2) is 4.74. The second-order valence-corrected chi connectivity index (χ2v) is 4.24. The largest absolute Gasteiger partial charge is 0.491 e. The lowest BCUT2D eigenvalue weighted by Gasteiger charge is -2.07. The SMILES string of the molecule is NCc1cc(-c2ccc3c(c2)NC(=O)CCO3)on1. The van der Waals surface area contributed by atoms with Crippen molar-refractivity contribution in [3.63, 3.8) is 0 Å². The number of ether oxygens (including phenoxy) is 1. The third-order valence-corrected chi connectivity index (χ3v) is 2.89. The summed E-state index contributed by atoms with van der Waals surface area (Å²) in [6.45, 7) is 0.714. The zero-order valence-electron chi connectivity index (χ0n) is 10.2. The minimum atomic E-state index is -0.0592. The van der Waals surface area contributed by atoms with Crippen LogP contribution in [0.1, 0.15) is 12.1 Å². The Kier molecular flexibility index (Phi) is 2.92. The van der Waals surface area contributed by atoms with Gasteiger partial charge >= 0.3 is 0 Å². The maximum absolute atomic E-state index is 11.5. The van der Waals surface area contributed by atoms with Gasteiger partial charge in [0.15, 0.2) is 5.76 Å². The summed E-state index contributed by atoms with van der Waals surface area (Å²) in [5.41, 5.74) is 7.64. The summed E-state index contributed by atoms with van der Waals surface area (Å²) in [5, 5.41) is 6.64. The number of nitrogens with zero attached hydrogens (tertiary/aromatic N) is 1. The van der Waals surface area contributed by atoms with E-state index in [1.165, 1.54) is 0 Å². The highest BCUT2D eigenvalue weighted by Crippen LogP contribution is 2.32. The Balaban J connectivity index is 1.98. The Morgan fingerprint density at radius 3 is 3.05 bits per heavy atom. The first-order valence-corrected chi connectivity index (χ1v) is 5.99. The summed E-state index contributed by atoms with van der Waals surface area (Å²) in [5.74, 6) is 1.21. The van der Waals surface area contributed by atoms with E-state index in [4.69, 9.17) is 15.0 Å². The molecule has 1 aromatic heterocycles. The number of carbonyl (C=O) groups is 1. The summed E-state index contributed by atoms with van der Waals surface area (Å²) < 4.78 is 10.7. The van der Waals surface area contributed by atoms with E-state index in [1.54, 1.807) is 18.2 Å². The molecule has 0 saturated carbocycles. The molecule has 1 aliphatic heterocycles. The average molecular weight is 259 g/mol. The molecule has 0 atom stereocenters. The zero-order valence-corrected chi connectivity index (χ0v) is 10.2. The Hall–Kier alpha value is -2.34. The van der Waals surface area contributed by atoms with E-state index < -0.39 is 0 Å². The summed E-state index contributed by atoms with van der Waals surface area (Å²) in [6, 6.07) is 7.25. The first-order valence-electron chi connectivity index (χ1n) is 5.99. The lowest BCUT2D eigenvalue weighted by Crippen LogP contribution is -2.10. The third kappa shape index (κ3) is 2.30. The van der Waals surface area contributed by atoms with Gasteiger partial charge in [0.25, 0.3) is 0 Å². The molecule has 1 aromatic carbocycles. The fourth-order valence-electron chi connectivity index (χ4n) is 1.92. The van der Waals surface area contributed by atoms with E-state index in [2.05, 4.69) is 10.5 Å². The van der Waals surface area contributed by atoms with Crippen LogP contribution in [0.3, 0.4) is 0 Å². The number of anilines is 1. The van der Waals surface area contributed by atoms with Gasteiger partial charge in [0.1, 0.15) is 5.75 Å². The molecule has 1 aliphatic rings. The number of aromatic nitrogens is 1. The topological polar surface area (TPSA) is 90.4 Å². The van der Waals surface area contributed by atoms with Gasteiger partial charge in [0, 0.05) is 18.2 Å². The van der Waals surface area contributed by atoms with Gasteiger partial charge < -0.3 is 20.3 Å². The second-order valence-electron chi connectivity index (χ2n) is 4.24. The molecule has 0 radical (unpaired) electrons. The van der Waals surface area contributed by atoms with Crippen molar-refractivity contribution in [3.8, 4) is 17.1 Å². The van der Waals surface area contributed by atoms with Gasteiger partial charge in [-0.05, 0) is 18.2 Å². The monoisotopic (exact) mass is 259 g/mol. The standard InChI is InChI=1S/C13H13N3O3/c14-7-9-6-12(19-16-9)8-1-2-11-10(5-8)15-13(17)3-4-18-11/h1-2,5-6H,3-4,7,14H2,(H,15,17). The fourth-order valence-corrected chi connectivity index (χ4v) is 1.92. The normalized spacial score (nSPS) is 14.3. The molecule has 0 fully saturated rings. The van der Waals surface area contributed by atoms with Gasteiger partial charge in [0.05, 0.1) is 24.4 Å². The number of carbonyl (C=O) groups excluding carboxylic acids is 1. The molecular formula is C13H13N3O3. The van der Waals surface area contributed by atoms with Crippen LogP contribution in [0.15, 0.2) is 28.8 Å². The average Bonchev–Trinajstić information content (AvgIpc) is 2.81. The van der Waals surface area contributed by atoms with E-state index >= 15 is 0 Å². The van der Waals surface area contributed by atoms with Crippen LogP contribution in [-0.4, -0.2) is 17.7 Å². The quantitative estimate of drug-likeness (QED) is 0.853. The first-order chi connectivity index (χ1) is 9.26. The summed E-state index contributed by atoms with van der Waals surface area (Å²) in [4.78, 5) is 11.5. The molecule has 98 valence electrons. The highest BCUT2D eigenvalue weighted by molar-refractivity contribution is 5.93. The van der Waals surface area contributed by atoms with Crippen LogP contribution in [0.4, 0.5) is 5.69 Å². The van der Waals surface area contributed by atoms with Gasteiger partial charge in [-0.15, -0.1) is 0 Å². The van der Waals surface area contributed by atoms with Gasteiger partial charge in [-0.25, -0.2) is 0 Å². The highest BCUT2D eigenvalue weighted by atomic mass is 16.5. The van der Waals surface area contributed by atoms with Crippen LogP contribution >= 0.6 is 0 Å². The number of nitrogens with two attached hydrogens (primary N) is 1. The molecular weight excluding hydrogens is 246 g/mol. The van der Waals surface area contributed by atoms with Crippen LogP contribution in [0.2, 0.25) is 0 Å². The van der Waals surface area contributed by atoms with Crippen LogP contribution in [0.25, 0.3) is 11.3 Å². The molecule has 1 amide bonds. The van der Waals surface area contributed by atoms with Crippen molar-refractivity contribution in [2.45, 2.75) is 13.0 Å². The van der Waals surface area contributed by atoms with Gasteiger partial charge in [-0.2, -0.15) is 0 Å². The first kappa shape index (κ1) is 11.7. The Bertz CT molecular complexity index is 621. The van der Waals surface area contributed by atoms with E-state index in [-0.39, 0.29) is 5.91 Å². The van der Waals surface area contributed by atoms with Crippen molar-refractivity contribution >= 4 is 11.6 Å². The van der Waals surface area contributed by atoms with Crippen molar-refractivity contribution in [3.05, 3.63) is 30.0 Å². The van der Waals surface area contributed by atoms with Gasteiger partial charge in [-0.3, -0.25) is 4.79 Å². The molecule has 0 aliphatic carbocycles. The minimum absolute atomic E-state index is 0.0592. The molecule has 3 rings (SSSR count). The van der Waals surface area contributed by atoms with Gasteiger partial charge in [0.2, 0.25) is 5.91 Å². The van der Waals surface area contributed by atoms with Crippen LogP contribution in [-0.2, 0) is 11.3 Å². The van der Waals surface area contributed by atoms with Crippen LogP contribution < -0.4 is 15.8 Å². The van der Waals surface area contributed by atoms with E-state index in [0.29, 0.717) is 42.5 Å². The molecule has 0 unspecified atom stereocenters.